The van der Waals surface area contributed by atoms with Crippen LogP contribution in [0.25, 0.3) is 10.6 Å². The Balaban J connectivity index is 1.32. The summed E-state index contributed by atoms with van der Waals surface area (Å²) in [5, 5.41) is 2.97. The van der Waals surface area contributed by atoms with E-state index in [0.717, 1.165) is 54.6 Å². The van der Waals surface area contributed by atoms with Crippen LogP contribution >= 0.6 is 11.3 Å². The molecule has 0 atom stereocenters. The van der Waals surface area contributed by atoms with Crippen LogP contribution in [0.2, 0.25) is 0 Å². The van der Waals surface area contributed by atoms with E-state index in [1.165, 1.54) is 5.56 Å². The van der Waals surface area contributed by atoms with E-state index in [0.29, 0.717) is 13.0 Å². The van der Waals surface area contributed by atoms with Crippen molar-refractivity contribution in [3.8, 4) is 10.6 Å². The number of likely N-dealkylation sites (N-methyl/N-ethyl adjacent to an activating group) is 2. The Morgan fingerprint density at radius 3 is 2.42 bits per heavy atom. The highest BCUT2D eigenvalue weighted by atomic mass is 32.1. The molecular weight excluding hydrogens is 404 g/mol. The second kappa shape index (κ2) is 10.2. The number of amides is 1. The van der Waals surface area contributed by atoms with Crippen molar-refractivity contribution < 1.29 is 4.79 Å². The number of thiazole rings is 1. The number of piperazine rings is 1. The lowest BCUT2D eigenvalue weighted by atomic mass is 10.1. The molecule has 2 aromatic carbocycles. The molecule has 5 nitrogen and oxygen atoms in total. The van der Waals surface area contributed by atoms with Crippen LogP contribution in [0.1, 0.15) is 16.8 Å². The van der Waals surface area contributed by atoms with Crippen LogP contribution in [0.4, 0.5) is 0 Å². The Labute approximate surface area is 188 Å². The van der Waals surface area contributed by atoms with Gasteiger partial charge in [0.1, 0.15) is 5.01 Å². The maximum absolute atomic E-state index is 12.6. The Morgan fingerprint density at radius 2 is 1.71 bits per heavy atom. The molecule has 0 unspecified atom stereocenters. The Hall–Kier alpha value is -2.54. The van der Waals surface area contributed by atoms with E-state index in [1.54, 1.807) is 16.2 Å². The summed E-state index contributed by atoms with van der Waals surface area (Å²) in [5.74, 6) is 0.0863. The summed E-state index contributed by atoms with van der Waals surface area (Å²) >= 11 is 1.60. The van der Waals surface area contributed by atoms with Crippen molar-refractivity contribution in [1.82, 2.24) is 19.7 Å². The van der Waals surface area contributed by atoms with Crippen molar-refractivity contribution in [3.63, 3.8) is 0 Å². The van der Waals surface area contributed by atoms with Crippen molar-refractivity contribution in [1.29, 1.82) is 0 Å². The summed E-state index contributed by atoms with van der Waals surface area (Å²) in [6.07, 6.45) is 0.335. The molecule has 1 fully saturated rings. The number of carbonyl (C=O) groups excluding carboxylic acids is 1. The predicted molar refractivity (Wildman–Crippen MR) is 127 cm³/mol. The normalized spacial score (nSPS) is 15.2. The molecule has 4 rings (SSSR count). The van der Waals surface area contributed by atoms with Crippen molar-refractivity contribution in [2.24, 2.45) is 0 Å². The maximum atomic E-state index is 12.6. The van der Waals surface area contributed by atoms with Crippen LogP contribution in [-0.4, -0.2) is 65.9 Å². The average Bonchev–Trinajstić information content (AvgIpc) is 3.25. The van der Waals surface area contributed by atoms with Gasteiger partial charge in [-0.3, -0.25) is 9.69 Å². The molecule has 3 aromatic rings. The first-order chi connectivity index (χ1) is 15.1. The van der Waals surface area contributed by atoms with Gasteiger partial charge in [0, 0.05) is 57.3 Å². The van der Waals surface area contributed by atoms with Gasteiger partial charge in [0.15, 0.2) is 0 Å². The summed E-state index contributed by atoms with van der Waals surface area (Å²) in [5.41, 5.74) is 4.42. The van der Waals surface area contributed by atoms with E-state index < -0.39 is 0 Å². The third-order valence-electron chi connectivity index (χ3n) is 5.78. The molecule has 0 saturated carbocycles. The summed E-state index contributed by atoms with van der Waals surface area (Å²) in [7, 11) is 4.03. The standard InChI is InChI=1S/C25H30N4OS/c1-27-12-14-29(15-13-27)18-21-8-10-22(11-9-21)25-26-23(19-31-25)16-24(30)28(2)17-20-6-4-3-5-7-20/h3-11,19H,12-18H2,1-2H3. The molecule has 0 aliphatic carbocycles. The van der Waals surface area contributed by atoms with E-state index >= 15 is 0 Å². The highest BCUT2D eigenvalue weighted by Gasteiger charge is 2.15. The van der Waals surface area contributed by atoms with Crippen LogP contribution in [0.15, 0.2) is 60.0 Å². The lowest BCUT2D eigenvalue weighted by Crippen LogP contribution is -2.43. The molecular formula is C25H30N4OS. The highest BCUT2D eigenvalue weighted by molar-refractivity contribution is 7.13. The van der Waals surface area contributed by atoms with Crippen LogP contribution < -0.4 is 0 Å². The molecule has 1 saturated heterocycles. The first-order valence-electron chi connectivity index (χ1n) is 10.8. The summed E-state index contributed by atoms with van der Waals surface area (Å²) in [6.45, 7) is 6.14. The number of carbonyl (C=O) groups is 1. The molecule has 1 aromatic heterocycles. The molecule has 0 spiro atoms. The van der Waals surface area contributed by atoms with E-state index in [9.17, 15) is 4.79 Å². The highest BCUT2D eigenvalue weighted by Crippen LogP contribution is 2.25. The summed E-state index contributed by atoms with van der Waals surface area (Å²) in [6, 6.07) is 18.8. The number of hydrogen-bond donors (Lipinski definition) is 0. The molecule has 0 radical (unpaired) electrons. The molecule has 1 amide bonds. The third-order valence-corrected chi connectivity index (χ3v) is 6.72. The molecule has 1 aliphatic rings. The van der Waals surface area contributed by atoms with Gasteiger partial charge < -0.3 is 9.80 Å². The minimum atomic E-state index is 0.0863. The number of nitrogens with zero attached hydrogens (tertiary/aromatic N) is 4. The minimum Gasteiger partial charge on any atom is -0.341 e. The molecule has 162 valence electrons. The molecule has 2 heterocycles. The van der Waals surface area contributed by atoms with Gasteiger partial charge in [-0.05, 0) is 18.2 Å². The van der Waals surface area contributed by atoms with Crippen molar-refractivity contribution in [3.05, 3.63) is 76.8 Å². The number of rotatable bonds is 7. The minimum absolute atomic E-state index is 0.0863. The molecule has 6 heteroatoms. The van der Waals surface area contributed by atoms with Crippen molar-refractivity contribution in [2.45, 2.75) is 19.5 Å². The van der Waals surface area contributed by atoms with Crippen LogP contribution in [0, 0.1) is 0 Å². The number of hydrogen-bond acceptors (Lipinski definition) is 5. The lowest BCUT2D eigenvalue weighted by Gasteiger charge is -2.32. The summed E-state index contributed by atoms with van der Waals surface area (Å²) in [4.78, 5) is 24.0. The third kappa shape index (κ3) is 6.00. The fourth-order valence-electron chi connectivity index (χ4n) is 3.77. The van der Waals surface area contributed by atoms with Gasteiger partial charge in [-0.15, -0.1) is 11.3 Å². The Bertz CT molecular complexity index is 978. The monoisotopic (exact) mass is 434 g/mol. The molecule has 1 aliphatic heterocycles. The predicted octanol–water partition coefficient (Wildman–Crippen LogP) is 3.76. The Morgan fingerprint density at radius 1 is 1.00 bits per heavy atom. The summed E-state index contributed by atoms with van der Waals surface area (Å²) < 4.78 is 0. The van der Waals surface area contributed by atoms with Crippen LogP contribution in [0.5, 0.6) is 0 Å². The van der Waals surface area contributed by atoms with Crippen molar-refractivity contribution >= 4 is 17.2 Å². The van der Waals surface area contributed by atoms with Crippen LogP contribution in [-0.2, 0) is 24.3 Å². The zero-order valence-electron chi connectivity index (χ0n) is 18.3. The Kier molecular flexibility index (Phi) is 7.12. The van der Waals surface area contributed by atoms with Crippen LogP contribution in [0.3, 0.4) is 0 Å². The van der Waals surface area contributed by atoms with Gasteiger partial charge in [0.05, 0.1) is 12.1 Å². The van der Waals surface area contributed by atoms with E-state index in [-0.39, 0.29) is 5.91 Å². The van der Waals surface area contributed by atoms with E-state index in [2.05, 4.69) is 41.1 Å². The zero-order chi connectivity index (χ0) is 21.6. The van der Waals surface area contributed by atoms with E-state index in [4.69, 9.17) is 4.98 Å². The van der Waals surface area contributed by atoms with Gasteiger partial charge in [-0.1, -0.05) is 54.6 Å². The molecule has 0 N–H and O–H groups in total. The van der Waals surface area contributed by atoms with Gasteiger partial charge in [0.2, 0.25) is 5.91 Å². The fourth-order valence-corrected chi connectivity index (χ4v) is 4.60. The largest absolute Gasteiger partial charge is 0.341 e. The van der Waals surface area contributed by atoms with Gasteiger partial charge >= 0.3 is 0 Å². The molecule has 0 bridgehead atoms. The van der Waals surface area contributed by atoms with E-state index in [1.807, 2.05) is 42.8 Å². The number of benzene rings is 2. The molecule has 31 heavy (non-hydrogen) atoms. The SMILES string of the molecule is CN1CCN(Cc2ccc(-c3nc(CC(=O)N(C)Cc4ccccc4)cs3)cc2)CC1. The van der Waals surface area contributed by atoms with Gasteiger partial charge in [-0.25, -0.2) is 4.98 Å². The average molecular weight is 435 g/mol. The smallest absolute Gasteiger partial charge is 0.228 e. The quantitative estimate of drug-likeness (QED) is 0.568. The first-order valence-corrected chi connectivity index (χ1v) is 11.7. The van der Waals surface area contributed by atoms with Crippen molar-refractivity contribution in [2.75, 3.05) is 40.3 Å². The van der Waals surface area contributed by atoms with Gasteiger partial charge in [0.25, 0.3) is 0 Å². The second-order valence-electron chi connectivity index (χ2n) is 8.33. The second-order valence-corrected chi connectivity index (χ2v) is 9.19. The number of aromatic nitrogens is 1. The zero-order valence-corrected chi connectivity index (χ0v) is 19.1. The fraction of sp³-hybridized carbons (Fsp3) is 0.360. The van der Waals surface area contributed by atoms with Gasteiger partial charge in [-0.2, -0.15) is 0 Å². The first kappa shape index (κ1) is 21.7. The maximum Gasteiger partial charge on any atom is 0.228 e. The lowest BCUT2D eigenvalue weighted by molar-refractivity contribution is -0.129. The topological polar surface area (TPSA) is 39.7 Å².